The molecule has 0 aromatic heterocycles. The van der Waals surface area contributed by atoms with E-state index in [1.54, 1.807) is 6.08 Å². The number of rotatable bonds is 52. The van der Waals surface area contributed by atoms with Crippen LogP contribution in [0.15, 0.2) is 24.3 Å². The fraction of sp³-hybridized carbons (Fsp3) is 0.912. The second kappa shape index (κ2) is 53.2. The quantitative estimate of drug-likeness (QED) is 0.0422. The van der Waals surface area contributed by atoms with Gasteiger partial charge in [0.05, 0.1) is 18.8 Å². The summed E-state index contributed by atoms with van der Waals surface area (Å²) in [5, 5.41) is 23.1. The molecule has 0 radical (unpaired) electrons. The zero-order valence-electron chi connectivity index (χ0n) is 41.7. The number of amides is 1. The van der Waals surface area contributed by atoms with Gasteiger partial charge in [-0.25, -0.2) is 0 Å². The van der Waals surface area contributed by atoms with Crippen molar-refractivity contribution < 1.29 is 15.0 Å². The predicted molar refractivity (Wildman–Crippen MR) is 272 cm³/mol. The fourth-order valence-corrected chi connectivity index (χ4v) is 8.90. The van der Waals surface area contributed by atoms with Gasteiger partial charge in [0.15, 0.2) is 0 Å². The first-order chi connectivity index (χ1) is 30.2. The molecule has 4 nitrogen and oxygen atoms in total. The van der Waals surface area contributed by atoms with Crippen LogP contribution in [0.1, 0.15) is 316 Å². The summed E-state index contributed by atoms with van der Waals surface area (Å²) in [7, 11) is 0. The highest BCUT2D eigenvalue weighted by molar-refractivity contribution is 5.76. The summed E-state index contributed by atoms with van der Waals surface area (Å²) in [6.07, 6.45) is 70.6. The van der Waals surface area contributed by atoms with Gasteiger partial charge in [-0.1, -0.05) is 301 Å². The van der Waals surface area contributed by atoms with E-state index in [-0.39, 0.29) is 12.5 Å². The Labute approximate surface area is 383 Å². The van der Waals surface area contributed by atoms with Gasteiger partial charge in [0.2, 0.25) is 5.91 Å². The molecule has 0 bridgehead atoms. The van der Waals surface area contributed by atoms with Crippen molar-refractivity contribution in [3.8, 4) is 0 Å². The van der Waals surface area contributed by atoms with Crippen LogP contribution in [0.3, 0.4) is 0 Å². The molecule has 0 aromatic carbocycles. The van der Waals surface area contributed by atoms with E-state index in [0.29, 0.717) is 6.42 Å². The topological polar surface area (TPSA) is 69.6 Å². The van der Waals surface area contributed by atoms with E-state index < -0.39 is 12.1 Å². The minimum atomic E-state index is -0.859. The van der Waals surface area contributed by atoms with Gasteiger partial charge >= 0.3 is 0 Å². The molecule has 2 unspecified atom stereocenters. The lowest BCUT2D eigenvalue weighted by Crippen LogP contribution is -2.45. The number of nitrogens with one attached hydrogen (secondary N) is 1. The molecular formula is C57H111NO3. The highest BCUT2D eigenvalue weighted by atomic mass is 16.3. The summed E-state index contributed by atoms with van der Waals surface area (Å²) >= 11 is 0. The average Bonchev–Trinajstić information content (AvgIpc) is 3.26. The summed E-state index contributed by atoms with van der Waals surface area (Å²) in [5.74, 6) is -0.0666. The Bertz CT molecular complexity index is 886. The van der Waals surface area contributed by atoms with Crippen LogP contribution in [-0.4, -0.2) is 34.9 Å². The van der Waals surface area contributed by atoms with Crippen LogP contribution in [0.25, 0.3) is 0 Å². The summed E-state index contributed by atoms with van der Waals surface area (Å²) in [4.78, 5) is 12.5. The van der Waals surface area contributed by atoms with Crippen LogP contribution in [0.5, 0.6) is 0 Å². The Morgan fingerprint density at radius 3 is 0.951 bits per heavy atom. The third-order valence-electron chi connectivity index (χ3n) is 13.2. The molecule has 0 heterocycles. The minimum absolute atomic E-state index is 0.0666. The maximum atomic E-state index is 12.5. The molecule has 0 aliphatic rings. The summed E-state index contributed by atoms with van der Waals surface area (Å²) in [6.45, 7) is 4.34. The Balaban J connectivity index is 3.49. The van der Waals surface area contributed by atoms with Crippen LogP contribution in [0.4, 0.5) is 0 Å². The normalized spacial score (nSPS) is 12.9. The van der Waals surface area contributed by atoms with Crippen molar-refractivity contribution in [3.63, 3.8) is 0 Å². The first-order valence-corrected chi connectivity index (χ1v) is 28.1. The first-order valence-electron chi connectivity index (χ1n) is 28.1. The zero-order chi connectivity index (χ0) is 44.2. The maximum absolute atomic E-state index is 12.5. The molecule has 1 amide bonds. The van der Waals surface area contributed by atoms with Gasteiger partial charge in [-0.2, -0.15) is 0 Å². The van der Waals surface area contributed by atoms with E-state index in [4.69, 9.17) is 0 Å². The van der Waals surface area contributed by atoms with Gasteiger partial charge in [0, 0.05) is 6.42 Å². The van der Waals surface area contributed by atoms with Gasteiger partial charge in [0.25, 0.3) is 0 Å². The van der Waals surface area contributed by atoms with Crippen LogP contribution in [0.2, 0.25) is 0 Å². The lowest BCUT2D eigenvalue weighted by atomic mass is 10.0. The second-order valence-electron chi connectivity index (χ2n) is 19.4. The zero-order valence-corrected chi connectivity index (χ0v) is 41.7. The standard InChI is InChI=1S/C57H111NO3/c1-3-5-7-9-11-13-15-17-19-21-23-25-27-28-29-31-33-35-37-39-41-43-45-47-49-51-53-57(61)58-55(54-59)56(60)52-50-48-46-44-42-40-38-36-34-32-30-26-24-22-20-18-16-14-12-10-8-6-4-2/h42,44,50,52,55-56,59-60H,3-41,43,45-49,51,53-54H2,1-2H3,(H,58,61)/b44-42+,52-50+. The van der Waals surface area contributed by atoms with E-state index >= 15 is 0 Å². The van der Waals surface area contributed by atoms with Crippen molar-refractivity contribution in [2.24, 2.45) is 0 Å². The monoisotopic (exact) mass is 858 g/mol. The number of unbranched alkanes of at least 4 members (excludes halogenated alkanes) is 43. The van der Waals surface area contributed by atoms with Crippen molar-refractivity contribution in [1.82, 2.24) is 5.32 Å². The van der Waals surface area contributed by atoms with Crippen LogP contribution in [0, 0.1) is 0 Å². The molecule has 0 aromatic rings. The first kappa shape index (κ1) is 59.9. The minimum Gasteiger partial charge on any atom is -0.394 e. The molecule has 0 rings (SSSR count). The van der Waals surface area contributed by atoms with Crippen molar-refractivity contribution in [1.29, 1.82) is 0 Å². The number of hydrogen-bond acceptors (Lipinski definition) is 3. The lowest BCUT2D eigenvalue weighted by molar-refractivity contribution is -0.123. The number of carbonyl (C=O) groups is 1. The van der Waals surface area contributed by atoms with Gasteiger partial charge in [-0.15, -0.1) is 0 Å². The number of hydrogen-bond donors (Lipinski definition) is 3. The third kappa shape index (κ3) is 49.7. The lowest BCUT2D eigenvalue weighted by Gasteiger charge is -2.19. The average molecular weight is 859 g/mol. The molecule has 0 fully saturated rings. The molecular weight excluding hydrogens is 747 g/mol. The summed E-state index contributed by atoms with van der Waals surface area (Å²) < 4.78 is 0. The van der Waals surface area contributed by atoms with E-state index in [9.17, 15) is 15.0 Å². The Morgan fingerprint density at radius 1 is 0.377 bits per heavy atom. The van der Waals surface area contributed by atoms with Crippen LogP contribution < -0.4 is 5.32 Å². The molecule has 0 saturated carbocycles. The summed E-state index contributed by atoms with van der Waals surface area (Å²) in [5.41, 5.74) is 0. The Kier molecular flexibility index (Phi) is 52.2. The third-order valence-corrected chi connectivity index (χ3v) is 13.2. The number of carbonyl (C=O) groups excluding carboxylic acids is 1. The number of aliphatic hydroxyl groups excluding tert-OH is 2. The molecule has 0 aliphatic heterocycles. The largest absolute Gasteiger partial charge is 0.394 e. The van der Waals surface area contributed by atoms with E-state index in [1.807, 2.05) is 6.08 Å². The van der Waals surface area contributed by atoms with Crippen molar-refractivity contribution in [2.75, 3.05) is 6.61 Å². The van der Waals surface area contributed by atoms with Gasteiger partial charge in [-0.3, -0.25) is 4.79 Å². The highest BCUT2D eigenvalue weighted by Crippen LogP contribution is 2.18. The number of aliphatic hydroxyl groups is 2. The predicted octanol–water partition coefficient (Wildman–Crippen LogP) is 18.3. The molecule has 0 aliphatic carbocycles. The number of allylic oxidation sites excluding steroid dienone is 3. The van der Waals surface area contributed by atoms with Gasteiger partial charge in [0.1, 0.15) is 0 Å². The van der Waals surface area contributed by atoms with Crippen LogP contribution in [-0.2, 0) is 4.79 Å². The van der Waals surface area contributed by atoms with E-state index in [2.05, 4.69) is 31.3 Å². The molecule has 61 heavy (non-hydrogen) atoms. The van der Waals surface area contributed by atoms with E-state index in [0.717, 1.165) is 32.1 Å². The fourth-order valence-electron chi connectivity index (χ4n) is 8.90. The van der Waals surface area contributed by atoms with E-state index in [1.165, 1.54) is 263 Å². The highest BCUT2D eigenvalue weighted by Gasteiger charge is 2.18. The maximum Gasteiger partial charge on any atom is 0.220 e. The smallest absolute Gasteiger partial charge is 0.220 e. The van der Waals surface area contributed by atoms with Crippen molar-refractivity contribution in [2.45, 2.75) is 328 Å². The van der Waals surface area contributed by atoms with Crippen LogP contribution >= 0.6 is 0 Å². The summed E-state index contributed by atoms with van der Waals surface area (Å²) in [6, 6.07) is -0.636. The van der Waals surface area contributed by atoms with Crippen molar-refractivity contribution in [3.05, 3.63) is 24.3 Å². The Morgan fingerprint density at radius 2 is 0.639 bits per heavy atom. The van der Waals surface area contributed by atoms with Crippen molar-refractivity contribution >= 4 is 5.91 Å². The molecule has 0 spiro atoms. The molecule has 2 atom stereocenters. The SMILES string of the molecule is CCCCCCCCCCCCCCCCCCC/C=C/CC/C=C/C(O)C(CO)NC(=O)CCCCCCCCCCCCCCCCCCCCCCCCCCCC. The van der Waals surface area contributed by atoms with Gasteiger partial charge < -0.3 is 15.5 Å². The molecule has 362 valence electrons. The molecule has 0 saturated heterocycles. The Hall–Kier alpha value is -1.13. The second-order valence-corrected chi connectivity index (χ2v) is 19.4. The molecule has 3 N–H and O–H groups in total. The van der Waals surface area contributed by atoms with Gasteiger partial charge in [-0.05, 0) is 32.1 Å². The molecule has 4 heteroatoms.